The minimum absolute atomic E-state index is 0.0128. The van der Waals surface area contributed by atoms with E-state index in [4.69, 9.17) is 5.73 Å². The molecule has 6 heteroatoms. The third-order valence-corrected chi connectivity index (χ3v) is 2.55. The van der Waals surface area contributed by atoms with Crippen molar-refractivity contribution in [1.82, 2.24) is 5.43 Å². The normalized spacial score (nSPS) is 20.4. The highest BCUT2D eigenvalue weighted by molar-refractivity contribution is 6.22. The van der Waals surface area contributed by atoms with Crippen LogP contribution in [-0.2, 0) is 4.79 Å². The second kappa shape index (κ2) is 4.57. The van der Waals surface area contributed by atoms with Gasteiger partial charge in [-0.1, -0.05) is 13.8 Å². The largest absolute Gasteiger partial charge is 0.511 e. The molecule has 94 valence electrons. The van der Waals surface area contributed by atoms with Crippen LogP contribution in [0.1, 0.15) is 33.6 Å². The molecule has 0 bridgehead atoms. The van der Waals surface area contributed by atoms with Crippen molar-refractivity contribution in [3.8, 4) is 0 Å². The number of Topliss-reactive ketones (excluding diaryl/α,β-unsaturated/α-hetero) is 1. The monoisotopic (exact) mass is 239 g/mol. The lowest BCUT2D eigenvalue weighted by atomic mass is 9.76. The van der Waals surface area contributed by atoms with Crippen LogP contribution in [0.4, 0.5) is 4.79 Å². The van der Waals surface area contributed by atoms with Gasteiger partial charge in [0.15, 0.2) is 5.78 Å². The van der Waals surface area contributed by atoms with Crippen LogP contribution in [0.3, 0.4) is 0 Å². The fourth-order valence-electron chi connectivity index (χ4n) is 1.89. The molecule has 0 aromatic heterocycles. The molecule has 0 aromatic rings. The van der Waals surface area contributed by atoms with E-state index in [1.165, 1.54) is 6.92 Å². The topological polar surface area (TPSA) is 105 Å². The van der Waals surface area contributed by atoms with Crippen LogP contribution in [0, 0.1) is 5.41 Å². The third-order valence-electron chi connectivity index (χ3n) is 2.55. The maximum Gasteiger partial charge on any atom is 0.332 e. The number of nitrogens with zero attached hydrogens (tertiary/aromatic N) is 1. The standard InChI is InChI=1S/C11H17N3O3/c1-6(13-14-10(12)17)9-7(15)4-11(2,3)5-8(9)16/h15H,4-5H2,1-3H3,(H3,12,14,17). The molecule has 0 fully saturated rings. The van der Waals surface area contributed by atoms with Crippen LogP contribution >= 0.6 is 0 Å². The molecule has 1 aliphatic rings. The van der Waals surface area contributed by atoms with Crippen molar-refractivity contribution in [2.45, 2.75) is 33.6 Å². The Kier molecular flexibility index (Phi) is 3.55. The molecule has 0 atom stereocenters. The molecule has 17 heavy (non-hydrogen) atoms. The highest BCUT2D eigenvalue weighted by Crippen LogP contribution is 2.35. The first-order chi connectivity index (χ1) is 7.73. The number of primary amides is 1. The smallest absolute Gasteiger partial charge is 0.332 e. The molecule has 0 aliphatic heterocycles. The van der Waals surface area contributed by atoms with E-state index in [1.807, 2.05) is 19.3 Å². The van der Waals surface area contributed by atoms with Crippen LogP contribution < -0.4 is 11.2 Å². The minimum atomic E-state index is -0.812. The van der Waals surface area contributed by atoms with Gasteiger partial charge in [-0.15, -0.1) is 0 Å². The van der Waals surface area contributed by atoms with Crippen LogP contribution in [0.15, 0.2) is 16.4 Å². The van der Waals surface area contributed by atoms with E-state index in [9.17, 15) is 14.7 Å². The lowest BCUT2D eigenvalue weighted by Crippen LogP contribution is -2.30. The zero-order valence-corrected chi connectivity index (χ0v) is 10.2. The van der Waals surface area contributed by atoms with Gasteiger partial charge in [-0.05, 0) is 12.3 Å². The second-order valence-corrected chi connectivity index (χ2v) is 4.94. The van der Waals surface area contributed by atoms with Crippen molar-refractivity contribution in [2.24, 2.45) is 16.3 Å². The summed E-state index contributed by atoms with van der Waals surface area (Å²) in [6.45, 7) is 5.36. The Morgan fingerprint density at radius 1 is 1.47 bits per heavy atom. The Morgan fingerprint density at radius 3 is 2.53 bits per heavy atom. The van der Waals surface area contributed by atoms with Crippen molar-refractivity contribution < 1.29 is 14.7 Å². The Bertz CT molecular complexity index is 422. The van der Waals surface area contributed by atoms with Crippen molar-refractivity contribution in [3.05, 3.63) is 11.3 Å². The van der Waals surface area contributed by atoms with Gasteiger partial charge in [-0.2, -0.15) is 5.10 Å². The van der Waals surface area contributed by atoms with E-state index in [-0.39, 0.29) is 28.2 Å². The number of urea groups is 1. The number of hydrogen-bond acceptors (Lipinski definition) is 4. The number of carbonyl (C=O) groups is 2. The maximum atomic E-state index is 11.9. The van der Waals surface area contributed by atoms with E-state index in [1.54, 1.807) is 0 Å². The molecule has 0 radical (unpaired) electrons. The molecule has 2 amide bonds. The van der Waals surface area contributed by atoms with Gasteiger partial charge in [-0.3, -0.25) is 4.79 Å². The number of hydrogen-bond donors (Lipinski definition) is 3. The quantitative estimate of drug-likeness (QED) is 0.498. The minimum Gasteiger partial charge on any atom is -0.511 e. The molecule has 0 aromatic carbocycles. The predicted octanol–water partition coefficient (Wildman–Crippen LogP) is 1.23. The summed E-state index contributed by atoms with van der Waals surface area (Å²) in [5.74, 6) is -0.162. The molecule has 0 saturated heterocycles. The number of amides is 2. The van der Waals surface area contributed by atoms with Crippen molar-refractivity contribution in [2.75, 3.05) is 0 Å². The summed E-state index contributed by atoms with van der Waals surface area (Å²) in [6.07, 6.45) is 0.757. The van der Waals surface area contributed by atoms with Crippen LogP contribution in [0.2, 0.25) is 0 Å². The first kappa shape index (κ1) is 13.2. The van der Waals surface area contributed by atoms with E-state index in [0.717, 1.165) is 0 Å². The van der Waals surface area contributed by atoms with Gasteiger partial charge in [0, 0.05) is 12.8 Å². The lowest BCUT2D eigenvalue weighted by molar-refractivity contribution is -0.117. The van der Waals surface area contributed by atoms with Crippen LogP contribution in [0.25, 0.3) is 0 Å². The molecule has 0 spiro atoms. The molecule has 0 saturated carbocycles. The number of rotatable bonds is 2. The molecule has 1 aliphatic carbocycles. The Morgan fingerprint density at radius 2 is 2.06 bits per heavy atom. The Hall–Kier alpha value is -1.85. The fourth-order valence-corrected chi connectivity index (χ4v) is 1.89. The van der Waals surface area contributed by atoms with Gasteiger partial charge in [0.25, 0.3) is 0 Å². The van der Waals surface area contributed by atoms with Gasteiger partial charge >= 0.3 is 6.03 Å². The number of carbonyl (C=O) groups excluding carboxylic acids is 2. The maximum absolute atomic E-state index is 11.9. The number of aliphatic hydroxyl groups is 1. The second-order valence-electron chi connectivity index (χ2n) is 4.94. The number of nitrogens with one attached hydrogen (secondary N) is 1. The summed E-state index contributed by atoms with van der Waals surface area (Å²) in [5.41, 5.74) is 7.09. The third kappa shape index (κ3) is 3.30. The van der Waals surface area contributed by atoms with Crippen LogP contribution in [0.5, 0.6) is 0 Å². The average Bonchev–Trinajstić information content (AvgIpc) is 2.11. The van der Waals surface area contributed by atoms with Gasteiger partial charge in [-0.25, -0.2) is 10.2 Å². The number of nitrogens with two attached hydrogens (primary N) is 1. The molecule has 0 heterocycles. The Labute approximate surface area is 99.6 Å². The van der Waals surface area contributed by atoms with E-state index < -0.39 is 6.03 Å². The highest BCUT2D eigenvalue weighted by Gasteiger charge is 2.34. The molecule has 1 rings (SSSR count). The summed E-state index contributed by atoms with van der Waals surface area (Å²) in [6, 6.07) is -0.812. The number of aliphatic hydroxyl groups excluding tert-OH is 1. The number of ketones is 1. The van der Waals surface area contributed by atoms with Gasteiger partial charge < -0.3 is 10.8 Å². The molecule has 6 nitrogen and oxygen atoms in total. The van der Waals surface area contributed by atoms with Gasteiger partial charge in [0.2, 0.25) is 0 Å². The predicted molar refractivity (Wildman–Crippen MR) is 63.5 cm³/mol. The van der Waals surface area contributed by atoms with E-state index in [2.05, 4.69) is 5.10 Å². The van der Waals surface area contributed by atoms with E-state index in [0.29, 0.717) is 12.8 Å². The Balaban J connectivity index is 3.00. The van der Waals surface area contributed by atoms with Crippen LogP contribution in [-0.4, -0.2) is 22.6 Å². The zero-order valence-electron chi connectivity index (χ0n) is 10.2. The summed E-state index contributed by atoms with van der Waals surface area (Å²) in [5, 5.41) is 13.5. The van der Waals surface area contributed by atoms with E-state index >= 15 is 0 Å². The van der Waals surface area contributed by atoms with Crippen molar-refractivity contribution in [1.29, 1.82) is 0 Å². The molecule has 4 N–H and O–H groups in total. The van der Waals surface area contributed by atoms with Crippen molar-refractivity contribution in [3.63, 3.8) is 0 Å². The zero-order chi connectivity index (χ0) is 13.2. The molecule has 0 unspecified atom stereocenters. The number of hydrazone groups is 1. The summed E-state index contributed by atoms with van der Waals surface area (Å²) in [4.78, 5) is 22.4. The molecular formula is C11H17N3O3. The first-order valence-corrected chi connectivity index (χ1v) is 5.28. The van der Waals surface area contributed by atoms with Gasteiger partial charge in [0.1, 0.15) is 5.76 Å². The lowest BCUT2D eigenvalue weighted by Gasteiger charge is -2.29. The summed E-state index contributed by atoms with van der Waals surface area (Å²) >= 11 is 0. The van der Waals surface area contributed by atoms with Crippen molar-refractivity contribution >= 4 is 17.5 Å². The van der Waals surface area contributed by atoms with Gasteiger partial charge in [0.05, 0.1) is 11.3 Å². The molecular weight excluding hydrogens is 222 g/mol. The summed E-state index contributed by atoms with van der Waals surface area (Å²) < 4.78 is 0. The summed E-state index contributed by atoms with van der Waals surface area (Å²) in [7, 11) is 0. The number of allylic oxidation sites excluding steroid dienone is 2. The first-order valence-electron chi connectivity index (χ1n) is 5.28. The average molecular weight is 239 g/mol. The highest BCUT2D eigenvalue weighted by atomic mass is 16.3. The fraction of sp³-hybridized carbons (Fsp3) is 0.545. The SMILES string of the molecule is CC(=NNC(N)=O)C1=C(O)CC(C)(C)CC1=O.